The third-order valence-corrected chi connectivity index (χ3v) is 6.04. The lowest BCUT2D eigenvalue weighted by Gasteiger charge is -2.33. The van der Waals surface area contributed by atoms with Crippen molar-refractivity contribution < 1.29 is 31.6 Å². The fraction of sp³-hybridized carbons (Fsp3) is 0.412. The van der Waals surface area contributed by atoms with Crippen LogP contribution >= 0.6 is 0 Å². The highest BCUT2D eigenvalue weighted by Crippen LogP contribution is 2.22. The zero-order chi connectivity index (χ0) is 19.6. The number of furan rings is 2. The lowest BCUT2D eigenvalue weighted by Crippen LogP contribution is -2.50. The van der Waals surface area contributed by atoms with Crippen molar-refractivity contribution in [1.29, 1.82) is 0 Å². The van der Waals surface area contributed by atoms with E-state index in [0.29, 0.717) is 11.3 Å². The summed E-state index contributed by atoms with van der Waals surface area (Å²) < 4.78 is 41.7. The number of hydrogen-bond donors (Lipinski definition) is 0. The molecule has 1 saturated heterocycles. The van der Waals surface area contributed by atoms with Crippen LogP contribution < -0.4 is 0 Å². The number of carbonyl (C=O) groups excluding carboxylic acids is 2. The summed E-state index contributed by atoms with van der Waals surface area (Å²) in [5.74, 6) is -0.553. The number of carbonyl (C=O) groups is 2. The van der Waals surface area contributed by atoms with Crippen molar-refractivity contribution in [2.75, 3.05) is 32.8 Å². The van der Waals surface area contributed by atoms with Gasteiger partial charge in [-0.3, -0.25) is 4.79 Å². The van der Waals surface area contributed by atoms with E-state index in [1.54, 1.807) is 24.8 Å². The van der Waals surface area contributed by atoms with Gasteiger partial charge in [0.2, 0.25) is 10.9 Å². The summed E-state index contributed by atoms with van der Waals surface area (Å²) in [6.07, 6.45) is 1.45. The summed E-state index contributed by atoms with van der Waals surface area (Å²) in [5.41, 5.74) is 0.469. The fourth-order valence-corrected chi connectivity index (χ4v) is 4.14. The first-order valence-electron chi connectivity index (χ1n) is 8.45. The van der Waals surface area contributed by atoms with Gasteiger partial charge in [-0.15, -0.1) is 0 Å². The van der Waals surface area contributed by atoms with E-state index in [4.69, 9.17) is 13.6 Å². The Morgan fingerprint density at radius 1 is 1.15 bits per heavy atom. The van der Waals surface area contributed by atoms with Gasteiger partial charge in [0.05, 0.1) is 18.4 Å². The number of amides is 1. The first-order valence-corrected chi connectivity index (χ1v) is 9.89. The molecule has 2 aromatic rings. The van der Waals surface area contributed by atoms with Crippen molar-refractivity contribution in [3.8, 4) is 0 Å². The van der Waals surface area contributed by atoms with Gasteiger partial charge in [-0.2, -0.15) is 4.31 Å². The smallest absolute Gasteiger partial charge is 0.374 e. The Kier molecular flexibility index (Phi) is 5.38. The highest BCUT2D eigenvalue weighted by molar-refractivity contribution is 7.89. The Labute approximate surface area is 156 Å². The van der Waals surface area contributed by atoms with E-state index in [0.717, 1.165) is 0 Å². The zero-order valence-corrected chi connectivity index (χ0v) is 15.8. The van der Waals surface area contributed by atoms with Crippen LogP contribution in [-0.4, -0.2) is 62.3 Å². The van der Waals surface area contributed by atoms with E-state index >= 15 is 0 Å². The van der Waals surface area contributed by atoms with Crippen LogP contribution in [0.5, 0.6) is 0 Å². The second-order valence-corrected chi connectivity index (χ2v) is 7.79. The second kappa shape index (κ2) is 7.57. The predicted octanol–water partition coefficient (Wildman–Crippen LogP) is 1.50. The monoisotopic (exact) mass is 396 g/mol. The maximum absolute atomic E-state index is 12.7. The number of piperazine rings is 1. The molecule has 0 atom stereocenters. The summed E-state index contributed by atoms with van der Waals surface area (Å²) in [6.45, 7) is 4.24. The van der Waals surface area contributed by atoms with Crippen molar-refractivity contribution >= 4 is 21.9 Å². The van der Waals surface area contributed by atoms with E-state index in [1.165, 1.54) is 22.7 Å². The standard InChI is InChI=1S/C17H20N2O7S/c1-3-24-17(21)14-4-5-15(26-14)27(22,23)19-9-7-18(8-10-19)16(20)13-6-11-25-12(13)2/h4-6,11H,3,7-10H2,1-2H3. The molecule has 146 valence electrons. The van der Waals surface area contributed by atoms with Gasteiger partial charge in [0.25, 0.3) is 15.9 Å². The molecule has 0 saturated carbocycles. The molecule has 10 heteroatoms. The van der Waals surface area contributed by atoms with Crippen LogP contribution in [0.4, 0.5) is 0 Å². The van der Waals surface area contributed by atoms with Gasteiger partial charge in [0.15, 0.2) is 0 Å². The van der Waals surface area contributed by atoms with Gasteiger partial charge in [-0.05, 0) is 32.0 Å². The number of nitrogens with zero attached hydrogens (tertiary/aromatic N) is 2. The van der Waals surface area contributed by atoms with Crippen LogP contribution in [0, 0.1) is 6.92 Å². The molecule has 1 fully saturated rings. The molecule has 2 aromatic heterocycles. The molecule has 0 radical (unpaired) electrons. The molecule has 0 bridgehead atoms. The molecule has 0 unspecified atom stereocenters. The Bertz CT molecular complexity index is 936. The quantitative estimate of drug-likeness (QED) is 0.704. The average molecular weight is 396 g/mol. The van der Waals surface area contributed by atoms with Crippen LogP contribution in [0.1, 0.15) is 33.6 Å². The van der Waals surface area contributed by atoms with Crippen molar-refractivity contribution in [2.24, 2.45) is 0 Å². The van der Waals surface area contributed by atoms with Crippen LogP contribution in [0.25, 0.3) is 0 Å². The van der Waals surface area contributed by atoms with Crippen molar-refractivity contribution in [3.05, 3.63) is 41.5 Å². The number of aryl methyl sites for hydroxylation is 1. The molecule has 1 aliphatic heterocycles. The summed E-state index contributed by atoms with van der Waals surface area (Å²) >= 11 is 0. The first kappa shape index (κ1) is 19.2. The SMILES string of the molecule is CCOC(=O)c1ccc(S(=O)(=O)N2CCN(C(=O)c3ccoc3C)CC2)o1. The highest BCUT2D eigenvalue weighted by Gasteiger charge is 2.33. The Morgan fingerprint density at radius 2 is 1.85 bits per heavy atom. The lowest BCUT2D eigenvalue weighted by atomic mass is 10.2. The van der Waals surface area contributed by atoms with Crippen molar-refractivity contribution in [3.63, 3.8) is 0 Å². The van der Waals surface area contributed by atoms with E-state index < -0.39 is 16.0 Å². The van der Waals surface area contributed by atoms with Crippen molar-refractivity contribution in [2.45, 2.75) is 18.9 Å². The minimum Gasteiger partial charge on any atom is -0.469 e. The minimum atomic E-state index is -3.90. The Hall–Kier alpha value is -2.59. The molecule has 1 amide bonds. The van der Waals surface area contributed by atoms with Gasteiger partial charge in [0, 0.05) is 26.2 Å². The molecule has 27 heavy (non-hydrogen) atoms. The fourth-order valence-electron chi connectivity index (χ4n) is 2.81. The topological polar surface area (TPSA) is 110 Å². The molecule has 0 aromatic carbocycles. The van der Waals surface area contributed by atoms with Gasteiger partial charge < -0.3 is 18.5 Å². The summed E-state index contributed by atoms with van der Waals surface area (Å²) in [4.78, 5) is 25.7. The number of hydrogen-bond acceptors (Lipinski definition) is 7. The van der Waals surface area contributed by atoms with E-state index in [1.807, 2.05) is 0 Å². The molecule has 3 rings (SSSR count). The highest BCUT2D eigenvalue weighted by atomic mass is 32.2. The van der Waals surface area contributed by atoms with Crippen LogP contribution in [0.2, 0.25) is 0 Å². The summed E-state index contributed by atoms with van der Waals surface area (Å²) in [6, 6.07) is 4.10. The number of sulfonamides is 1. The van der Waals surface area contributed by atoms with Gasteiger partial charge in [-0.1, -0.05) is 0 Å². The van der Waals surface area contributed by atoms with Crippen molar-refractivity contribution in [1.82, 2.24) is 9.21 Å². The third-order valence-electron chi connectivity index (χ3n) is 4.27. The van der Waals surface area contributed by atoms with Crippen LogP contribution in [0.3, 0.4) is 0 Å². The van der Waals surface area contributed by atoms with Crippen LogP contribution in [0.15, 0.2) is 38.4 Å². The predicted molar refractivity (Wildman–Crippen MR) is 92.8 cm³/mol. The maximum Gasteiger partial charge on any atom is 0.374 e. The molecule has 9 nitrogen and oxygen atoms in total. The average Bonchev–Trinajstić information content (AvgIpc) is 3.31. The van der Waals surface area contributed by atoms with Gasteiger partial charge >= 0.3 is 5.97 Å². The largest absolute Gasteiger partial charge is 0.469 e. The number of rotatable bonds is 5. The van der Waals surface area contributed by atoms with E-state index in [9.17, 15) is 18.0 Å². The molecule has 0 aliphatic carbocycles. The lowest BCUT2D eigenvalue weighted by molar-refractivity contribution is 0.0483. The zero-order valence-electron chi connectivity index (χ0n) is 15.0. The van der Waals surface area contributed by atoms with Gasteiger partial charge in [-0.25, -0.2) is 13.2 Å². The number of esters is 1. The maximum atomic E-state index is 12.7. The Balaban J connectivity index is 1.67. The Morgan fingerprint density at radius 3 is 2.44 bits per heavy atom. The molecular weight excluding hydrogens is 376 g/mol. The second-order valence-electron chi connectivity index (χ2n) is 5.93. The number of ether oxygens (including phenoxy) is 1. The normalized spacial score (nSPS) is 15.7. The minimum absolute atomic E-state index is 0.125. The first-order chi connectivity index (χ1) is 12.8. The van der Waals surface area contributed by atoms with E-state index in [2.05, 4.69) is 0 Å². The third kappa shape index (κ3) is 3.76. The van der Waals surface area contributed by atoms with Crippen LogP contribution in [-0.2, 0) is 14.8 Å². The molecule has 0 spiro atoms. The van der Waals surface area contributed by atoms with Gasteiger partial charge in [0.1, 0.15) is 5.76 Å². The summed E-state index contributed by atoms with van der Waals surface area (Å²) in [7, 11) is -3.90. The van der Waals surface area contributed by atoms with E-state index in [-0.39, 0.29) is 49.5 Å². The summed E-state index contributed by atoms with van der Waals surface area (Å²) in [5, 5.41) is -0.323. The molecular formula is C17H20N2O7S. The molecule has 0 N–H and O–H groups in total. The molecule has 3 heterocycles. The molecule has 1 aliphatic rings.